The molecule has 0 amide bonds. The highest BCUT2D eigenvalue weighted by molar-refractivity contribution is 6.28. The molecule has 1 N–H and O–H groups in total. The Morgan fingerprint density at radius 2 is 2.05 bits per heavy atom. The van der Waals surface area contributed by atoms with E-state index in [1.54, 1.807) is 0 Å². The maximum Gasteiger partial charge on any atom is 0.329 e. The van der Waals surface area contributed by atoms with E-state index in [2.05, 4.69) is 15.3 Å². The van der Waals surface area contributed by atoms with Crippen LogP contribution < -0.4 is 5.32 Å². The Bertz CT molecular complexity index is 491. The Hall–Kier alpha value is -1.43. The van der Waals surface area contributed by atoms with Gasteiger partial charge >= 0.3 is 5.69 Å². The highest BCUT2D eigenvalue weighted by Crippen LogP contribution is 2.49. The van der Waals surface area contributed by atoms with Crippen LogP contribution in [0, 0.1) is 27.9 Å². The summed E-state index contributed by atoms with van der Waals surface area (Å²) >= 11 is 5.70. The van der Waals surface area contributed by atoms with E-state index in [-0.39, 0.29) is 16.8 Å². The molecule has 6 nitrogen and oxygen atoms in total. The molecule has 3 rings (SSSR count). The lowest BCUT2D eigenvalue weighted by Gasteiger charge is -2.16. The molecule has 1 aromatic rings. The standard InChI is InChI=1S/C12H15ClN4O2/c13-12-15-6-10(17(18)19)11(16-12)14-5-9(7-1-2-7)8-3-4-8/h6-9H,1-5H2,(H,14,15,16). The smallest absolute Gasteiger partial charge is 0.329 e. The molecule has 102 valence electrons. The minimum absolute atomic E-state index is 0.0301. The zero-order valence-corrected chi connectivity index (χ0v) is 11.1. The van der Waals surface area contributed by atoms with Crippen molar-refractivity contribution in [1.82, 2.24) is 9.97 Å². The third-order valence-electron chi connectivity index (χ3n) is 3.90. The summed E-state index contributed by atoms with van der Waals surface area (Å²) < 4.78 is 0. The molecule has 2 saturated carbocycles. The van der Waals surface area contributed by atoms with E-state index in [0.717, 1.165) is 24.6 Å². The summed E-state index contributed by atoms with van der Waals surface area (Å²) in [5.74, 6) is 2.43. The predicted octanol–water partition coefficient (Wildman–Crippen LogP) is 2.89. The molecule has 0 aliphatic heterocycles. The Balaban J connectivity index is 1.71. The maximum atomic E-state index is 10.9. The minimum atomic E-state index is -0.484. The van der Waals surface area contributed by atoms with Gasteiger partial charge in [0.05, 0.1) is 4.92 Å². The maximum absolute atomic E-state index is 10.9. The van der Waals surface area contributed by atoms with E-state index >= 15 is 0 Å². The first kappa shape index (κ1) is 12.6. The van der Waals surface area contributed by atoms with Gasteiger partial charge in [-0.2, -0.15) is 4.98 Å². The summed E-state index contributed by atoms with van der Waals surface area (Å²) in [6, 6.07) is 0. The number of hydrogen-bond acceptors (Lipinski definition) is 5. The molecule has 0 radical (unpaired) electrons. The van der Waals surface area contributed by atoms with Crippen LogP contribution in [-0.4, -0.2) is 21.4 Å². The molecular weight excluding hydrogens is 268 g/mol. The van der Waals surface area contributed by atoms with Crippen LogP contribution in [-0.2, 0) is 0 Å². The summed E-state index contributed by atoms with van der Waals surface area (Å²) in [4.78, 5) is 18.0. The third-order valence-corrected chi connectivity index (χ3v) is 4.08. The fraction of sp³-hybridized carbons (Fsp3) is 0.667. The molecule has 0 saturated heterocycles. The highest BCUT2D eigenvalue weighted by atomic mass is 35.5. The fourth-order valence-electron chi connectivity index (χ4n) is 2.60. The first-order chi connectivity index (χ1) is 9.15. The van der Waals surface area contributed by atoms with Crippen LogP contribution in [0.25, 0.3) is 0 Å². The van der Waals surface area contributed by atoms with Gasteiger partial charge in [0.1, 0.15) is 6.20 Å². The van der Waals surface area contributed by atoms with E-state index in [1.807, 2.05) is 0 Å². The molecular formula is C12H15ClN4O2. The lowest BCUT2D eigenvalue weighted by Crippen LogP contribution is -2.19. The van der Waals surface area contributed by atoms with Crippen molar-refractivity contribution in [2.45, 2.75) is 25.7 Å². The van der Waals surface area contributed by atoms with Crippen molar-refractivity contribution >= 4 is 23.1 Å². The Morgan fingerprint density at radius 1 is 1.42 bits per heavy atom. The van der Waals surface area contributed by atoms with Crippen LogP contribution in [0.2, 0.25) is 5.28 Å². The lowest BCUT2D eigenvalue weighted by molar-refractivity contribution is -0.384. The zero-order valence-electron chi connectivity index (χ0n) is 10.4. The lowest BCUT2D eigenvalue weighted by atomic mass is 9.98. The molecule has 1 aromatic heterocycles. The number of hydrogen-bond donors (Lipinski definition) is 1. The van der Waals surface area contributed by atoms with Crippen molar-refractivity contribution in [3.8, 4) is 0 Å². The number of aromatic nitrogens is 2. The summed E-state index contributed by atoms with van der Waals surface area (Å²) in [6.07, 6.45) is 6.30. The second-order valence-electron chi connectivity index (χ2n) is 5.35. The van der Waals surface area contributed by atoms with Crippen molar-refractivity contribution in [2.75, 3.05) is 11.9 Å². The highest BCUT2D eigenvalue weighted by Gasteiger charge is 2.41. The number of rotatable bonds is 6. The Labute approximate surface area is 115 Å². The molecule has 0 spiro atoms. The molecule has 0 aromatic carbocycles. The first-order valence-electron chi connectivity index (χ1n) is 6.56. The minimum Gasteiger partial charge on any atom is -0.364 e. The van der Waals surface area contributed by atoms with Gasteiger partial charge in [0.25, 0.3) is 0 Å². The van der Waals surface area contributed by atoms with Gasteiger partial charge in [0, 0.05) is 6.54 Å². The molecule has 0 unspecified atom stereocenters. The van der Waals surface area contributed by atoms with Crippen molar-refractivity contribution in [1.29, 1.82) is 0 Å². The molecule has 19 heavy (non-hydrogen) atoms. The number of nitrogens with zero attached hydrogens (tertiary/aromatic N) is 3. The SMILES string of the molecule is O=[N+]([O-])c1cnc(Cl)nc1NCC(C1CC1)C1CC1. The predicted molar refractivity (Wildman–Crippen MR) is 71.1 cm³/mol. The van der Waals surface area contributed by atoms with E-state index in [1.165, 1.54) is 25.7 Å². The van der Waals surface area contributed by atoms with Crippen LogP contribution in [0.1, 0.15) is 25.7 Å². The summed E-state index contributed by atoms with van der Waals surface area (Å²) in [5, 5.41) is 14.0. The van der Waals surface area contributed by atoms with Gasteiger partial charge in [-0.25, -0.2) is 4.98 Å². The quantitative estimate of drug-likeness (QED) is 0.493. The van der Waals surface area contributed by atoms with E-state index in [4.69, 9.17) is 11.6 Å². The second kappa shape index (κ2) is 4.92. The van der Waals surface area contributed by atoms with Gasteiger partial charge in [-0.05, 0) is 55.0 Å². The van der Waals surface area contributed by atoms with Crippen molar-refractivity contribution < 1.29 is 4.92 Å². The molecule has 2 aliphatic rings. The molecule has 0 atom stereocenters. The van der Waals surface area contributed by atoms with Crippen LogP contribution in [0.15, 0.2) is 6.20 Å². The monoisotopic (exact) mass is 282 g/mol. The average Bonchev–Trinajstić information content (AvgIpc) is 3.24. The topological polar surface area (TPSA) is 81.0 Å². The summed E-state index contributed by atoms with van der Waals surface area (Å²) in [7, 11) is 0. The van der Waals surface area contributed by atoms with Crippen LogP contribution in [0.3, 0.4) is 0 Å². The summed E-state index contributed by atoms with van der Waals surface area (Å²) in [5.41, 5.74) is -0.116. The normalized spacial score (nSPS) is 18.6. The number of nitro groups is 1. The molecule has 7 heteroatoms. The van der Waals surface area contributed by atoms with Crippen LogP contribution in [0.5, 0.6) is 0 Å². The van der Waals surface area contributed by atoms with E-state index in [0.29, 0.717) is 5.92 Å². The van der Waals surface area contributed by atoms with Gasteiger partial charge < -0.3 is 5.32 Å². The molecule has 1 heterocycles. The van der Waals surface area contributed by atoms with Crippen LogP contribution >= 0.6 is 11.6 Å². The Kier molecular flexibility index (Phi) is 3.26. The molecule has 2 aliphatic carbocycles. The molecule has 2 fully saturated rings. The summed E-state index contributed by atoms with van der Waals surface area (Å²) in [6.45, 7) is 0.740. The number of anilines is 1. The van der Waals surface area contributed by atoms with Gasteiger partial charge in [-0.3, -0.25) is 10.1 Å². The molecule has 0 bridgehead atoms. The van der Waals surface area contributed by atoms with Crippen molar-refractivity contribution in [2.24, 2.45) is 17.8 Å². The van der Waals surface area contributed by atoms with Gasteiger partial charge in [0.2, 0.25) is 11.1 Å². The van der Waals surface area contributed by atoms with Crippen molar-refractivity contribution in [3.63, 3.8) is 0 Å². The number of nitrogens with one attached hydrogen (secondary N) is 1. The average molecular weight is 283 g/mol. The number of halogens is 1. The zero-order chi connectivity index (χ0) is 13.4. The van der Waals surface area contributed by atoms with Gasteiger partial charge in [0.15, 0.2) is 0 Å². The fourth-order valence-corrected chi connectivity index (χ4v) is 2.73. The van der Waals surface area contributed by atoms with E-state index in [9.17, 15) is 10.1 Å². The van der Waals surface area contributed by atoms with Gasteiger partial charge in [-0.15, -0.1) is 0 Å². The van der Waals surface area contributed by atoms with Crippen LogP contribution in [0.4, 0.5) is 11.5 Å². The second-order valence-corrected chi connectivity index (χ2v) is 5.69. The third kappa shape index (κ3) is 2.94. The Morgan fingerprint density at radius 3 is 2.58 bits per heavy atom. The van der Waals surface area contributed by atoms with Crippen molar-refractivity contribution in [3.05, 3.63) is 21.6 Å². The van der Waals surface area contributed by atoms with E-state index < -0.39 is 4.92 Å². The largest absolute Gasteiger partial charge is 0.364 e. The first-order valence-corrected chi connectivity index (χ1v) is 6.93. The van der Waals surface area contributed by atoms with Gasteiger partial charge in [-0.1, -0.05) is 0 Å².